The first-order chi connectivity index (χ1) is 10.8. The summed E-state index contributed by atoms with van der Waals surface area (Å²) in [6.07, 6.45) is 3.86. The Morgan fingerprint density at radius 1 is 1.00 bits per heavy atom. The van der Waals surface area contributed by atoms with Gasteiger partial charge >= 0.3 is 0 Å². The fourth-order valence-corrected chi connectivity index (χ4v) is 1.91. The van der Waals surface area contributed by atoms with Crippen molar-refractivity contribution in [2.45, 2.75) is 13.3 Å². The molecule has 0 aliphatic heterocycles. The van der Waals surface area contributed by atoms with Crippen molar-refractivity contribution in [1.82, 2.24) is 0 Å². The molecular weight excluding hydrogens is 276 g/mol. The van der Waals surface area contributed by atoms with Crippen LogP contribution in [0.1, 0.15) is 22.8 Å². The van der Waals surface area contributed by atoms with Crippen molar-refractivity contribution in [3.05, 3.63) is 78.1 Å². The Morgan fingerprint density at radius 2 is 1.73 bits per heavy atom. The molecule has 0 N–H and O–H groups in total. The second-order valence-electron chi connectivity index (χ2n) is 4.75. The maximum absolute atomic E-state index is 11.8. The number of rotatable bonds is 8. The lowest BCUT2D eigenvalue weighted by Gasteiger charge is -2.06. The lowest BCUT2D eigenvalue weighted by molar-refractivity contribution is 0.104. The number of allylic oxidation sites excluding steroid dienone is 1. The van der Waals surface area contributed by atoms with Crippen LogP contribution in [-0.2, 0) is 11.2 Å². The van der Waals surface area contributed by atoms with Crippen LogP contribution >= 0.6 is 0 Å². The molecule has 0 fully saturated rings. The molecule has 0 spiro atoms. The third-order valence-corrected chi connectivity index (χ3v) is 3.18. The molecule has 0 atom stereocenters. The number of hydrogen-bond acceptors (Lipinski definition) is 3. The maximum Gasteiger partial charge on any atom is 0.188 e. The average Bonchev–Trinajstić information content (AvgIpc) is 2.59. The van der Waals surface area contributed by atoms with Crippen molar-refractivity contribution in [2.75, 3.05) is 13.2 Å². The first kappa shape index (κ1) is 15.8. The third-order valence-electron chi connectivity index (χ3n) is 3.18. The van der Waals surface area contributed by atoms with Crippen LogP contribution in [0.3, 0.4) is 0 Å². The minimum Gasteiger partial charge on any atom is -0.498 e. The fourth-order valence-electron chi connectivity index (χ4n) is 1.91. The van der Waals surface area contributed by atoms with Gasteiger partial charge in [0.1, 0.15) is 19.0 Å². The zero-order chi connectivity index (χ0) is 15.6. The van der Waals surface area contributed by atoms with Crippen molar-refractivity contribution in [1.29, 1.82) is 0 Å². The highest BCUT2D eigenvalue weighted by molar-refractivity contribution is 6.04. The predicted octanol–water partition coefficient (Wildman–Crippen LogP) is 4.04. The smallest absolute Gasteiger partial charge is 0.188 e. The van der Waals surface area contributed by atoms with Gasteiger partial charge in [0.15, 0.2) is 5.78 Å². The predicted molar refractivity (Wildman–Crippen MR) is 87.2 cm³/mol. The molecule has 0 aliphatic carbocycles. The number of aryl methyl sites for hydroxylation is 1. The van der Waals surface area contributed by atoms with E-state index in [2.05, 4.69) is 19.1 Å². The van der Waals surface area contributed by atoms with Crippen LogP contribution in [0, 0.1) is 0 Å². The molecule has 0 unspecified atom stereocenters. The molecule has 2 aromatic carbocycles. The van der Waals surface area contributed by atoms with Gasteiger partial charge in [-0.15, -0.1) is 0 Å². The van der Waals surface area contributed by atoms with E-state index in [0.717, 1.165) is 12.2 Å². The van der Waals surface area contributed by atoms with Gasteiger partial charge in [-0.05, 0) is 24.1 Å². The van der Waals surface area contributed by atoms with E-state index in [9.17, 15) is 4.79 Å². The summed E-state index contributed by atoms with van der Waals surface area (Å²) in [5.74, 6) is 0.752. The molecule has 22 heavy (non-hydrogen) atoms. The Bertz CT molecular complexity index is 600. The minimum absolute atomic E-state index is 0.0725. The van der Waals surface area contributed by atoms with Crippen LogP contribution in [0.4, 0.5) is 0 Å². The van der Waals surface area contributed by atoms with Gasteiger partial charge < -0.3 is 9.47 Å². The zero-order valence-electron chi connectivity index (χ0n) is 12.7. The Hall–Kier alpha value is -2.55. The molecule has 0 saturated heterocycles. The average molecular weight is 296 g/mol. The van der Waals surface area contributed by atoms with E-state index in [1.807, 2.05) is 30.3 Å². The minimum atomic E-state index is -0.0725. The van der Waals surface area contributed by atoms with Crippen molar-refractivity contribution < 1.29 is 14.3 Å². The highest BCUT2D eigenvalue weighted by atomic mass is 16.5. The summed E-state index contributed by atoms with van der Waals surface area (Å²) >= 11 is 0. The van der Waals surface area contributed by atoms with E-state index in [1.54, 1.807) is 12.1 Å². The molecule has 2 rings (SSSR count). The van der Waals surface area contributed by atoms with Crippen molar-refractivity contribution in [3.63, 3.8) is 0 Å². The van der Waals surface area contributed by atoms with Gasteiger partial charge in [0.2, 0.25) is 0 Å². The maximum atomic E-state index is 11.8. The van der Waals surface area contributed by atoms with Gasteiger partial charge in [-0.1, -0.05) is 49.4 Å². The van der Waals surface area contributed by atoms with Crippen molar-refractivity contribution >= 4 is 5.78 Å². The molecule has 0 aromatic heterocycles. The molecule has 0 amide bonds. The largest absolute Gasteiger partial charge is 0.498 e. The van der Waals surface area contributed by atoms with Gasteiger partial charge in [-0.3, -0.25) is 4.79 Å². The van der Waals surface area contributed by atoms with Crippen LogP contribution in [0.25, 0.3) is 0 Å². The first-order valence-electron chi connectivity index (χ1n) is 7.39. The number of ether oxygens (including phenoxy) is 2. The summed E-state index contributed by atoms with van der Waals surface area (Å²) < 4.78 is 10.8. The van der Waals surface area contributed by atoms with Gasteiger partial charge in [0, 0.05) is 11.6 Å². The lowest BCUT2D eigenvalue weighted by Crippen LogP contribution is -2.04. The van der Waals surface area contributed by atoms with Gasteiger partial charge in [-0.2, -0.15) is 0 Å². The van der Waals surface area contributed by atoms with Crippen LogP contribution < -0.4 is 4.74 Å². The number of benzene rings is 2. The van der Waals surface area contributed by atoms with Gasteiger partial charge in [0.05, 0.1) is 6.26 Å². The molecular formula is C19H20O3. The molecule has 0 radical (unpaired) electrons. The lowest BCUT2D eigenvalue weighted by atomic mass is 10.1. The SMILES string of the molecule is CCc1ccc(OCCOC=CC(=O)c2ccccc2)cc1. The molecule has 2 aromatic rings. The Balaban J connectivity index is 1.66. The van der Waals surface area contributed by atoms with E-state index in [1.165, 1.54) is 17.9 Å². The molecule has 0 heterocycles. The summed E-state index contributed by atoms with van der Waals surface area (Å²) in [6, 6.07) is 17.1. The molecule has 3 nitrogen and oxygen atoms in total. The Kier molecular flexibility index (Phi) is 6.24. The second-order valence-corrected chi connectivity index (χ2v) is 4.75. The van der Waals surface area contributed by atoms with Crippen LogP contribution in [-0.4, -0.2) is 19.0 Å². The monoisotopic (exact) mass is 296 g/mol. The van der Waals surface area contributed by atoms with E-state index in [-0.39, 0.29) is 5.78 Å². The molecule has 0 saturated carbocycles. The van der Waals surface area contributed by atoms with E-state index in [0.29, 0.717) is 18.8 Å². The normalized spacial score (nSPS) is 10.6. The Morgan fingerprint density at radius 3 is 2.41 bits per heavy atom. The molecule has 0 aliphatic rings. The zero-order valence-corrected chi connectivity index (χ0v) is 12.7. The highest BCUT2D eigenvalue weighted by Gasteiger charge is 1.99. The van der Waals surface area contributed by atoms with Crippen LogP contribution in [0.2, 0.25) is 0 Å². The van der Waals surface area contributed by atoms with Crippen LogP contribution in [0.15, 0.2) is 66.9 Å². The van der Waals surface area contributed by atoms with Crippen molar-refractivity contribution in [2.24, 2.45) is 0 Å². The highest BCUT2D eigenvalue weighted by Crippen LogP contribution is 2.12. The van der Waals surface area contributed by atoms with Crippen LogP contribution in [0.5, 0.6) is 5.75 Å². The first-order valence-corrected chi connectivity index (χ1v) is 7.39. The second kappa shape index (κ2) is 8.67. The van der Waals surface area contributed by atoms with Crippen molar-refractivity contribution in [3.8, 4) is 5.75 Å². The number of hydrogen-bond donors (Lipinski definition) is 0. The number of carbonyl (C=O) groups is 1. The topological polar surface area (TPSA) is 35.5 Å². The summed E-state index contributed by atoms with van der Waals surface area (Å²) in [4.78, 5) is 11.8. The molecule has 3 heteroatoms. The van der Waals surface area contributed by atoms with E-state index < -0.39 is 0 Å². The number of ketones is 1. The Labute approximate surface area is 131 Å². The summed E-state index contributed by atoms with van der Waals surface area (Å²) in [5, 5.41) is 0. The third kappa shape index (κ3) is 5.09. The summed E-state index contributed by atoms with van der Waals surface area (Å²) in [7, 11) is 0. The summed E-state index contributed by atoms with van der Waals surface area (Å²) in [5.41, 5.74) is 1.93. The van der Waals surface area contributed by atoms with E-state index >= 15 is 0 Å². The summed E-state index contributed by atoms with van der Waals surface area (Å²) in [6.45, 7) is 2.95. The van der Waals surface area contributed by atoms with Gasteiger partial charge in [0.25, 0.3) is 0 Å². The number of carbonyl (C=O) groups excluding carboxylic acids is 1. The van der Waals surface area contributed by atoms with Gasteiger partial charge in [-0.25, -0.2) is 0 Å². The quantitative estimate of drug-likeness (QED) is 0.319. The fraction of sp³-hybridized carbons (Fsp3) is 0.211. The molecule has 114 valence electrons. The standard InChI is InChI=1S/C19H20O3/c1-2-16-8-10-18(11-9-16)22-15-14-21-13-12-19(20)17-6-4-3-5-7-17/h3-13H,2,14-15H2,1H3. The molecule has 0 bridgehead atoms. The van der Waals surface area contributed by atoms with E-state index in [4.69, 9.17) is 9.47 Å².